The monoisotopic (exact) mass is 306 g/mol. The molecule has 0 bridgehead atoms. The Morgan fingerprint density at radius 1 is 1.29 bits per heavy atom. The number of Topliss-reactive ketones (excluding diaryl/α,β-unsaturated/α-hetero) is 1. The number of carbonyl (C=O) groups is 3. The molecular weight excluding hydrogens is 292 g/mol. The lowest BCUT2D eigenvalue weighted by Gasteiger charge is -2.01. The number of ether oxygens (including phenoxy) is 1. The van der Waals surface area contributed by atoms with Gasteiger partial charge in [-0.05, 0) is 24.3 Å². The number of aromatic amines is 1. The van der Waals surface area contributed by atoms with Gasteiger partial charge in [0.15, 0.2) is 6.61 Å². The van der Waals surface area contributed by atoms with E-state index in [1.165, 1.54) is 18.3 Å². The van der Waals surface area contributed by atoms with Gasteiger partial charge in [-0.2, -0.15) is 0 Å². The van der Waals surface area contributed by atoms with E-state index in [1.807, 2.05) is 0 Å². The first kappa shape index (κ1) is 15.0. The molecule has 0 fully saturated rings. The van der Waals surface area contributed by atoms with Crippen LogP contribution in [0.3, 0.4) is 0 Å². The standard InChI is InChI=1S/C14H14N2O4S/c1-9(17)16-7-10-4-5-13(21-10)12(18)8-20-14(19)11-3-2-6-15-11/h2-6,15H,7-8H2,1H3,(H,16,17). The van der Waals surface area contributed by atoms with Crippen LogP contribution >= 0.6 is 11.3 Å². The Morgan fingerprint density at radius 3 is 2.76 bits per heavy atom. The SMILES string of the molecule is CC(=O)NCc1ccc(C(=O)COC(=O)c2ccc[nH]2)s1. The largest absolute Gasteiger partial charge is 0.453 e. The Morgan fingerprint density at radius 2 is 2.10 bits per heavy atom. The van der Waals surface area contributed by atoms with Gasteiger partial charge in [-0.3, -0.25) is 9.59 Å². The van der Waals surface area contributed by atoms with Gasteiger partial charge in [0, 0.05) is 18.0 Å². The molecule has 0 spiro atoms. The van der Waals surface area contributed by atoms with E-state index in [0.717, 1.165) is 4.88 Å². The Labute approximate surface area is 125 Å². The van der Waals surface area contributed by atoms with Gasteiger partial charge in [0.1, 0.15) is 5.69 Å². The molecule has 0 radical (unpaired) electrons. The summed E-state index contributed by atoms with van der Waals surface area (Å²) in [5, 5.41) is 2.65. The summed E-state index contributed by atoms with van der Waals surface area (Å²) in [5.41, 5.74) is 0.306. The highest BCUT2D eigenvalue weighted by molar-refractivity contribution is 7.14. The van der Waals surface area contributed by atoms with Gasteiger partial charge in [0.2, 0.25) is 11.7 Å². The predicted octanol–water partition coefficient (Wildman–Crippen LogP) is 1.75. The molecule has 0 atom stereocenters. The summed E-state index contributed by atoms with van der Waals surface area (Å²) in [4.78, 5) is 38.4. The molecule has 1 amide bonds. The number of ketones is 1. The fourth-order valence-electron chi connectivity index (χ4n) is 1.57. The molecule has 110 valence electrons. The molecule has 2 aromatic rings. The molecule has 2 aromatic heterocycles. The normalized spacial score (nSPS) is 10.1. The van der Waals surface area contributed by atoms with Crippen molar-refractivity contribution in [2.24, 2.45) is 0 Å². The second kappa shape index (κ2) is 6.85. The van der Waals surface area contributed by atoms with Crippen LogP contribution < -0.4 is 5.32 Å². The van der Waals surface area contributed by atoms with Crippen molar-refractivity contribution >= 4 is 29.0 Å². The van der Waals surface area contributed by atoms with Crippen molar-refractivity contribution in [3.05, 3.63) is 45.9 Å². The first-order valence-electron chi connectivity index (χ1n) is 6.23. The third kappa shape index (κ3) is 4.28. The van der Waals surface area contributed by atoms with Crippen LogP contribution in [0.25, 0.3) is 0 Å². The Hall–Kier alpha value is -2.41. The second-order valence-corrected chi connectivity index (χ2v) is 5.43. The first-order valence-corrected chi connectivity index (χ1v) is 7.05. The molecule has 2 rings (SSSR count). The van der Waals surface area contributed by atoms with E-state index >= 15 is 0 Å². The summed E-state index contributed by atoms with van der Waals surface area (Å²) in [6.45, 7) is 1.51. The summed E-state index contributed by atoms with van der Waals surface area (Å²) in [6.07, 6.45) is 1.60. The molecule has 0 saturated heterocycles. The van der Waals surface area contributed by atoms with Crippen LogP contribution in [0.15, 0.2) is 30.5 Å². The maximum Gasteiger partial charge on any atom is 0.355 e. The number of carbonyl (C=O) groups excluding carboxylic acids is 3. The number of thiophene rings is 1. The molecule has 0 aromatic carbocycles. The van der Waals surface area contributed by atoms with Gasteiger partial charge >= 0.3 is 5.97 Å². The van der Waals surface area contributed by atoms with Crippen molar-refractivity contribution in [2.75, 3.05) is 6.61 Å². The summed E-state index contributed by atoms with van der Waals surface area (Å²) in [6, 6.07) is 6.67. The highest BCUT2D eigenvalue weighted by atomic mass is 32.1. The zero-order valence-electron chi connectivity index (χ0n) is 11.3. The third-order valence-corrected chi connectivity index (χ3v) is 3.73. The van der Waals surface area contributed by atoms with Crippen molar-refractivity contribution in [2.45, 2.75) is 13.5 Å². The minimum Gasteiger partial charge on any atom is -0.453 e. The van der Waals surface area contributed by atoms with Crippen LogP contribution in [0.2, 0.25) is 0 Å². The zero-order valence-corrected chi connectivity index (χ0v) is 12.2. The van der Waals surface area contributed by atoms with Crippen LogP contribution in [-0.2, 0) is 16.1 Å². The molecule has 7 heteroatoms. The van der Waals surface area contributed by atoms with E-state index in [0.29, 0.717) is 17.1 Å². The maximum absolute atomic E-state index is 11.9. The number of hydrogen-bond acceptors (Lipinski definition) is 5. The molecule has 2 N–H and O–H groups in total. The van der Waals surface area contributed by atoms with Gasteiger partial charge in [-0.15, -0.1) is 11.3 Å². The van der Waals surface area contributed by atoms with Crippen molar-refractivity contribution in [1.29, 1.82) is 0 Å². The van der Waals surface area contributed by atoms with Gasteiger partial charge in [0.05, 0.1) is 11.4 Å². The first-order chi connectivity index (χ1) is 10.1. The third-order valence-electron chi connectivity index (χ3n) is 2.60. The molecule has 2 heterocycles. The minimum atomic E-state index is -0.566. The lowest BCUT2D eigenvalue weighted by atomic mass is 10.3. The van der Waals surface area contributed by atoms with Gasteiger partial charge in [0.25, 0.3) is 0 Å². The van der Waals surface area contributed by atoms with Crippen molar-refractivity contribution in [3.8, 4) is 0 Å². The van der Waals surface area contributed by atoms with Crippen LogP contribution in [0, 0.1) is 0 Å². The highest BCUT2D eigenvalue weighted by Crippen LogP contribution is 2.17. The number of nitrogens with one attached hydrogen (secondary N) is 2. The molecule has 21 heavy (non-hydrogen) atoms. The van der Waals surface area contributed by atoms with Crippen molar-refractivity contribution in [1.82, 2.24) is 10.3 Å². The smallest absolute Gasteiger partial charge is 0.355 e. The topological polar surface area (TPSA) is 88.3 Å². The van der Waals surface area contributed by atoms with Crippen LogP contribution in [-0.4, -0.2) is 29.3 Å². The highest BCUT2D eigenvalue weighted by Gasteiger charge is 2.14. The second-order valence-electron chi connectivity index (χ2n) is 4.26. The van der Waals surface area contributed by atoms with E-state index in [4.69, 9.17) is 4.74 Å². The summed E-state index contributed by atoms with van der Waals surface area (Å²) < 4.78 is 4.93. The van der Waals surface area contributed by atoms with Crippen molar-refractivity contribution in [3.63, 3.8) is 0 Å². The van der Waals surface area contributed by atoms with Crippen LogP contribution in [0.4, 0.5) is 0 Å². The number of esters is 1. The lowest BCUT2D eigenvalue weighted by Crippen LogP contribution is -2.18. The number of amides is 1. The summed E-state index contributed by atoms with van der Waals surface area (Å²) >= 11 is 1.27. The molecular formula is C14H14N2O4S. The molecule has 0 aliphatic heterocycles. The van der Waals surface area contributed by atoms with Gasteiger partial charge < -0.3 is 15.0 Å². The molecule has 6 nitrogen and oxygen atoms in total. The minimum absolute atomic E-state index is 0.129. The van der Waals surface area contributed by atoms with Gasteiger partial charge in [-0.1, -0.05) is 0 Å². The van der Waals surface area contributed by atoms with Crippen LogP contribution in [0.1, 0.15) is 32.0 Å². The quantitative estimate of drug-likeness (QED) is 0.628. The fraction of sp³-hybridized carbons (Fsp3) is 0.214. The van der Waals surface area contributed by atoms with E-state index in [1.54, 1.807) is 30.5 Å². The molecule has 0 aliphatic rings. The average Bonchev–Trinajstić information content (AvgIpc) is 3.12. The summed E-state index contributed by atoms with van der Waals surface area (Å²) in [5.74, 6) is -0.964. The molecule has 0 unspecified atom stereocenters. The molecule has 0 aliphatic carbocycles. The number of rotatable bonds is 6. The Kier molecular flexibility index (Phi) is 4.89. The number of hydrogen-bond donors (Lipinski definition) is 2. The van der Waals surface area contributed by atoms with E-state index < -0.39 is 5.97 Å². The predicted molar refractivity (Wildman–Crippen MR) is 77.2 cm³/mol. The lowest BCUT2D eigenvalue weighted by molar-refractivity contribution is -0.119. The number of aromatic nitrogens is 1. The Bertz CT molecular complexity index is 646. The molecule has 0 saturated carbocycles. The maximum atomic E-state index is 11.9. The average molecular weight is 306 g/mol. The van der Waals surface area contributed by atoms with E-state index in [2.05, 4.69) is 10.3 Å². The fourth-order valence-corrected chi connectivity index (χ4v) is 2.44. The van der Waals surface area contributed by atoms with Crippen LogP contribution in [0.5, 0.6) is 0 Å². The summed E-state index contributed by atoms with van der Waals surface area (Å²) in [7, 11) is 0. The van der Waals surface area contributed by atoms with Gasteiger partial charge in [-0.25, -0.2) is 4.79 Å². The Balaban J connectivity index is 1.86. The zero-order chi connectivity index (χ0) is 15.2. The van der Waals surface area contributed by atoms with E-state index in [9.17, 15) is 14.4 Å². The number of H-pyrrole nitrogens is 1. The van der Waals surface area contributed by atoms with Crippen molar-refractivity contribution < 1.29 is 19.1 Å². The van der Waals surface area contributed by atoms with E-state index in [-0.39, 0.29) is 18.3 Å².